The fourth-order valence-corrected chi connectivity index (χ4v) is 5.73. The lowest BCUT2D eigenvalue weighted by Gasteiger charge is -2.34. The summed E-state index contributed by atoms with van der Waals surface area (Å²) in [5.74, 6) is 0. The normalized spacial score (nSPS) is 20.3. The highest BCUT2D eigenvalue weighted by atomic mass is 32.2. The van der Waals surface area contributed by atoms with Crippen LogP contribution < -0.4 is 10.4 Å². The Kier molecular flexibility index (Phi) is 4.39. The molecule has 2 aliphatic rings. The second-order valence-corrected chi connectivity index (χ2v) is 10.8. The fraction of sp³-hybridized carbons (Fsp3) is 0.250. The van der Waals surface area contributed by atoms with Crippen LogP contribution in [0.5, 0.6) is 0 Å². The van der Waals surface area contributed by atoms with E-state index in [0.717, 1.165) is 11.2 Å². The summed E-state index contributed by atoms with van der Waals surface area (Å²) in [6, 6.07) is 22.0. The zero-order valence-corrected chi connectivity index (χ0v) is 18.8. The molecule has 0 unspecified atom stereocenters. The Morgan fingerprint density at radius 1 is 0.677 bits per heavy atom. The van der Waals surface area contributed by atoms with Gasteiger partial charge in [0.2, 0.25) is 9.84 Å². The molecule has 31 heavy (non-hydrogen) atoms. The zero-order chi connectivity index (χ0) is 22.0. The van der Waals surface area contributed by atoms with Gasteiger partial charge in [-0.1, -0.05) is 42.5 Å². The van der Waals surface area contributed by atoms with E-state index < -0.39 is 28.2 Å². The average Bonchev–Trinajstić information content (AvgIpc) is 2.96. The van der Waals surface area contributed by atoms with Gasteiger partial charge >= 0.3 is 7.12 Å². The molecule has 5 nitrogen and oxygen atoms in total. The summed E-state index contributed by atoms with van der Waals surface area (Å²) < 4.78 is 39.3. The first kappa shape index (κ1) is 20.3. The van der Waals surface area contributed by atoms with Crippen molar-refractivity contribution in [1.82, 2.24) is 0 Å². The molecule has 0 radical (unpaired) electrons. The van der Waals surface area contributed by atoms with E-state index in [-0.39, 0.29) is 9.79 Å². The first-order chi connectivity index (χ1) is 14.6. The molecular weight excluding hydrogens is 409 g/mol. The Morgan fingerprint density at radius 2 is 1.10 bits per heavy atom. The highest BCUT2D eigenvalue weighted by Crippen LogP contribution is 2.48. The maximum atomic E-state index is 13.3. The number of anilines is 3. The van der Waals surface area contributed by atoms with Gasteiger partial charge in [-0.15, -0.1) is 0 Å². The number of para-hydroxylation sites is 3. The van der Waals surface area contributed by atoms with E-state index >= 15 is 0 Å². The highest BCUT2D eigenvalue weighted by Gasteiger charge is 2.52. The topological polar surface area (TPSA) is 55.8 Å². The van der Waals surface area contributed by atoms with E-state index in [1.165, 1.54) is 0 Å². The molecule has 2 heterocycles. The first-order valence-corrected chi connectivity index (χ1v) is 11.8. The molecule has 0 atom stereocenters. The lowest BCUT2D eigenvalue weighted by atomic mass is 9.77. The first-order valence-electron chi connectivity index (χ1n) is 10.3. The van der Waals surface area contributed by atoms with Crippen LogP contribution in [0.15, 0.2) is 82.6 Å². The van der Waals surface area contributed by atoms with Crippen molar-refractivity contribution in [3.63, 3.8) is 0 Å². The quantitative estimate of drug-likeness (QED) is 0.433. The third-order valence-electron chi connectivity index (χ3n) is 6.48. The molecule has 7 heteroatoms. The van der Waals surface area contributed by atoms with Crippen molar-refractivity contribution in [2.45, 2.75) is 48.7 Å². The van der Waals surface area contributed by atoms with Crippen LogP contribution in [0.25, 0.3) is 0 Å². The summed E-state index contributed by atoms with van der Waals surface area (Å²) >= 11 is 0. The van der Waals surface area contributed by atoms with Gasteiger partial charge in [-0.05, 0) is 58.0 Å². The van der Waals surface area contributed by atoms with Crippen LogP contribution in [0.2, 0.25) is 0 Å². The van der Waals surface area contributed by atoms with Gasteiger partial charge in [0, 0.05) is 11.2 Å². The van der Waals surface area contributed by atoms with Gasteiger partial charge in [0.05, 0.1) is 32.4 Å². The minimum Gasteiger partial charge on any atom is -0.399 e. The summed E-state index contributed by atoms with van der Waals surface area (Å²) in [5, 5.41) is 0. The second kappa shape index (κ2) is 6.69. The minimum atomic E-state index is -3.62. The van der Waals surface area contributed by atoms with Crippen molar-refractivity contribution in [3.8, 4) is 0 Å². The number of hydrogen-bond acceptors (Lipinski definition) is 5. The maximum Gasteiger partial charge on any atom is 0.496 e. The van der Waals surface area contributed by atoms with Gasteiger partial charge < -0.3 is 14.2 Å². The summed E-state index contributed by atoms with van der Waals surface area (Å²) in [7, 11) is -4.19. The molecule has 1 fully saturated rings. The largest absolute Gasteiger partial charge is 0.496 e. The predicted molar refractivity (Wildman–Crippen MR) is 122 cm³/mol. The van der Waals surface area contributed by atoms with E-state index in [4.69, 9.17) is 9.31 Å². The summed E-state index contributed by atoms with van der Waals surface area (Å²) in [4.78, 5) is 2.57. The van der Waals surface area contributed by atoms with Crippen molar-refractivity contribution in [2.24, 2.45) is 0 Å². The molecule has 0 aromatic heterocycles. The maximum absolute atomic E-state index is 13.3. The Labute approximate surface area is 183 Å². The molecule has 3 aromatic carbocycles. The molecule has 158 valence electrons. The second-order valence-electron chi connectivity index (χ2n) is 8.92. The van der Waals surface area contributed by atoms with Crippen molar-refractivity contribution in [3.05, 3.63) is 72.8 Å². The van der Waals surface area contributed by atoms with Crippen LogP contribution in [-0.4, -0.2) is 26.7 Å². The standard InChI is InChI=1S/C24H24BNO4S/c1-23(2)24(3,4)30-25(29-23)17-11-5-6-12-18(17)26-19-13-7-9-15-21(19)31(27,28)22-16-10-8-14-20(22)26/h5-16H,1-4H3. The molecule has 0 spiro atoms. The van der Waals surface area contributed by atoms with Crippen LogP contribution in [-0.2, 0) is 19.1 Å². The van der Waals surface area contributed by atoms with Crippen molar-refractivity contribution in [2.75, 3.05) is 4.90 Å². The Balaban J connectivity index is 1.74. The predicted octanol–water partition coefficient (Wildman–Crippen LogP) is 4.60. The molecule has 1 saturated heterocycles. The molecule has 0 N–H and O–H groups in total. The molecular formula is C24H24BNO4S. The van der Waals surface area contributed by atoms with Crippen molar-refractivity contribution in [1.29, 1.82) is 0 Å². The lowest BCUT2D eigenvalue weighted by Crippen LogP contribution is -2.41. The molecule has 5 rings (SSSR count). The van der Waals surface area contributed by atoms with Gasteiger partial charge in [0.25, 0.3) is 0 Å². The Hall–Kier alpha value is -2.61. The van der Waals surface area contributed by atoms with Gasteiger partial charge in [0.15, 0.2) is 0 Å². The van der Waals surface area contributed by atoms with Crippen LogP contribution in [0.1, 0.15) is 27.7 Å². The van der Waals surface area contributed by atoms with Crippen molar-refractivity contribution >= 4 is 39.5 Å². The van der Waals surface area contributed by atoms with E-state index in [1.807, 2.05) is 81.1 Å². The Morgan fingerprint density at radius 3 is 1.61 bits per heavy atom. The van der Waals surface area contributed by atoms with E-state index in [2.05, 4.69) is 0 Å². The molecule has 0 aliphatic carbocycles. The lowest BCUT2D eigenvalue weighted by molar-refractivity contribution is 0.00578. The van der Waals surface area contributed by atoms with Gasteiger partial charge in [-0.25, -0.2) is 8.42 Å². The van der Waals surface area contributed by atoms with Crippen LogP contribution in [0.3, 0.4) is 0 Å². The smallest absolute Gasteiger partial charge is 0.399 e. The number of sulfone groups is 1. The van der Waals surface area contributed by atoms with Gasteiger partial charge in [0.1, 0.15) is 0 Å². The molecule has 2 aliphatic heterocycles. The molecule has 0 bridgehead atoms. The third kappa shape index (κ3) is 2.95. The van der Waals surface area contributed by atoms with E-state index in [9.17, 15) is 8.42 Å². The van der Waals surface area contributed by atoms with E-state index in [1.54, 1.807) is 24.3 Å². The molecule has 3 aromatic rings. The van der Waals surface area contributed by atoms with Crippen LogP contribution >= 0.6 is 0 Å². The van der Waals surface area contributed by atoms with Crippen molar-refractivity contribution < 1.29 is 17.7 Å². The minimum absolute atomic E-state index is 0.289. The number of nitrogens with zero attached hydrogens (tertiary/aromatic N) is 1. The summed E-state index contributed by atoms with van der Waals surface area (Å²) in [6.45, 7) is 8.09. The fourth-order valence-electron chi connectivity index (χ4n) is 4.11. The van der Waals surface area contributed by atoms with Gasteiger partial charge in [-0.3, -0.25) is 0 Å². The number of benzene rings is 3. The monoisotopic (exact) mass is 433 g/mol. The summed E-state index contributed by atoms with van der Waals surface area (Å²) in [6.07, 6.45) is 0. The zero-order valence-electron chi connectivity index (χ0n) is 18.0. The number of rotatable bonds is 2. The molecule has 0 amide bonds. The van der Waals surface area contributed by atoms with Crippen LogP contribution in [0.4, 0.5) is 17.1 Å². The number of fused-ring (bicyclic) bond motifs is 2. The number of hydrogen-bond donors (Lipinski definition) is 0. The average molecular weight is 433 g/mol. The molecule has 0 saturated carbocycles. The third-order valence-corrected chi connectivity index (χ3v) is 8.32. The van der Waals surface area contributed by atoms with Gasteiger partial charge in [-0.2, -0.15) is 0 Å². The van der Waals surface area contributed by atoms with Crippen LogP contribution in [0, 0.1) is 0 Å². The Bertz CT molecular complexity index is 1220. The van der Waals surface area contributed by atoms with E-state index in [0.29, 0.717) is 11.4 Å². The highest BCUT2D eigenvalue weighted by molar-refractivity contribution is 7.92. The SMILES string of the molecule is CC1(C)OB(c2ccccc2N2c3ccccc3S(=O)(=O)c3ccccc32)OC1(C)C. The summed E-state index contributed by atoms with van der Waals surface area (Å²) in [5.41, 5.74) is 1.95.